The number of thiophene rings is 1. The van der Waals surface area contributed by atoms with Gasteiger partial charge < -0.3 is 15.7 Å². The van der Waals surface area contributed by atoms with Crippen LogP contribution in [0.3, 0.4) is 0 Å². The van der Waals surface area contributed by atoms with Gasteiger partial charge in [-0.3, -0.25) is 4.79 Å². The highest BCUT2D eigenvalue weighted by Crippen LogP contribution is 2.14. The van der Waals surface area contributed by atoms with E-state index in [-0.39, 0.29) is 18.5 Å². The average Bonchev–Trinajstić information content (AvgIpc) is 2.72. The Hall–Kier alpha value is -1.56. The second-order valence-electron chi connectivity index (χ2n) is 4.53. The lowest BCUT2D eigenvalue weighted by Crippen LogP contribution is -2.40. The normalized spacial score (nSPS) is 11.9. The van der Waals surface area contributed by atoms with Crippen LogP contribution in [0, 0.1) is 6.92 Å². The third-order valence-electron chi connectivity index (χ3n) is 2.62. The van der Waals surface area contributed by atoms with E-state index in [9.17, 15) is 9.59 Å². The Morgan fingerprint density at radius 1 is 1.42 bits per heavy atom. The molecule has 0 spiro atoms. The summed E-state index contributed by atoms with van der Waals surface area (Å²) < 4.78 is 0. The molecule has 0 saturated carbocycles. The number of hydrogen-bond acceptors (Lipinski definition) is 3. The van der Waals surface area contributed by atoms with Crippen molar-refractivity contribution < 1.29 is 14.7 Å². The van der Waals surface area contributed by atoms with Crippen LogP contribution in [0.4, 0.5) is 4.79 Å². The third kappa shape index (κ3) is 6.81. The molecular formula is C13H20N2O3S. The summed E-state index contributed by atoms with van der Waals surface area (Å²) >= 11 is 1.66. The Bertz CT molecular complexity index is 431. The van der Waals surface area contributed by atoms with Crippen molar-refractivity contribution in [3.63, 3.8) is 0 Å². The number of carboxylic acid groups (broad SMARTS) is 1. The first-order valence-corrected chi connectivity index (χ1v) is 7.10. The van der Waals surface area contributed by atoms with Gasteiger partial charge in [0.2, 0.25) is 0 Å². The summed E-state index contributed by atoms with van der Waals surface area (Å²) in [5.41, 5.74) is 0. The van der Waals surface area contributed by atoms with Gasteiger partial charge in [0.25, 0.3) is 0 Å². The smallest absolute Gasteiger partial charge is 0.315 e. The Labute approximate surface area is 117 Å². The van der Waals surface area contributed by atoms with Crippen LogP contribution in [0.15, 0.2) is 12.1 Å². The van der Waals surface area contributed by atoms with Crippen molar-refractivity contribution in [1.29, 1.82) is 0 Å². The zero-order chi connectivity index (χ0) is 14.3. The SMILES string of the molecule is Cc1ccc(CNC(=O)NC(C)CCCC(=O)O)s1. The summed E-state index contributed by atoms with van der Waals surface area (Å²) in [4.78, 5) is 24.3. The van der Waals surface area contributed by atoms with Crippen molar-refractivity contribution >= 4 is 23.3 Å². The first kappa shape index (κ1) is 15.5. The van der Waals surface area contributed by atoms with Crippen molar-refractivity contribution in [2.24, 2.45) is 0 Å². The molecule has 0 aliphatic carbocycles. The molecule has 0 aromatic carbocycles. The number of carboxylic acids is 1. The zero-order valence-electron chi connectivity index (χ0n) is 11.2. The minimum Gasteiger partial charge on any atom is -0.481 e. The van der Waals surface area contributed by atoms with Crippen LogP contribution in [0.2, 0.25) is 0 Å². The van der Waals surface area contributed by atoms with E-state index in [1.807, 2.05) is 26.0 Å². The molecule has 19 heavy (non-hydrogen) atoms. The Balaban J connectivity index is 2.17. The largest absolute Gasteiger partial charge is 0.481 e. The Morgan fingerprint density at radius 3 is 2.74 bits per heavy atom. The molecule has 106 valence electrons. The lowest BCUT2D eigenvalue weighted by molar-refractivity contribution is -0.137. The molecule has 6 heteroatoms. The molecule has 1 rings (SSSR count). The fourth-order valence-corrected chi connectivity index (χ4v) is 2.48. The van der Waals surface area contributed by atoms with Gasteiger partial charge in [-0.2, -0.15) is 0 Å². The molecule has 2 amide bonds. The summed E-state index contributed by atoms with van der Waals surface area (Å²) in [6.45, 7) is 4.42. The van der Waals surface area contributed by atoms with E-state index in [1.54, 1.807) is 11.3 Å². The van der Waals surface area contributed by atoms with Gasteiger partial charge in [-0.15, -0.1) is 11.3 Å². The number of aliphatic carboxylic acids is 1. The molecule has 5 nitrogen and oxygen atoms in total. The Kier molecular flexibility index (Phi) is 6.35. The predicted octanol–water partition coefficient (Wildman–Crippen LogP) is 2.50. The number of carbonyl (C=O) groups is 2. The first-order chi connectivity index (χ1) is 8.97. The van der Waals surface area contributed by atoms with E-state index in [1.165, 1.54) is 4.88 Å². The molecule has 0 aliphatic heterocycles. The van der Waals surface area contributed by atoms with Crippen molar-refractivity contribution in [2.45, 2.75) is 45.7 Å². The van der Waals surface area contributed by atoms with Gasteiger partial charge in [-0.1, -0.05) is 0 Å². The first-order valence-electron chi connectivity index (χ1n) is 6.29. The van der Waals surface area contributed by atoms with E-state index >= 15 is 0 Å². The summed E-state index contributed by atoms with van der Waals surface area (Å²) in [5, 5.41) is 14.1. The summed E-state index contributed by atoms with van der Waals surface area (Å²) in [6.07, 6.45) is 1.38. The molecule has 1 atom stereocenters. The van der Waals surface area contributed by atoms with Crippen LogP contribution in [0.1, 0.15) is 35.9 Å². The maximum atomic E-state index is 11.6. The number of urea groups is 1. The van der Waals surface area contributed by atoms with Gasteiger partial charge in [0.05, 0.1) is 6.54 Å². The molecule has 1 unspecified atom stereocenters. The number of aryl methyl sites for hydroxylation is 1. The number of hydrogen-bond donors (Lipinski definition) is 3. The topological polar surface area (TPSA) is 78.4 Å². The van der Waals surface area contributed by atoms with E-state index in [0.29, 0.717) is 19.4 Å². The van der Waals surface area contributed by atoms with E-state index in [2.05, 4.69) is 10.6 Å². The highest BCUT2D eigenvalue weighted by Gasteiger charge is 2.08. The molecule has 1 heterocycles. The van der Waals surface area contributed by atoms with Gasteiger partial charge in [-0.25, -0.2) is 4.79 Å². The molecule has 0 aliphatic rings. The Morgan fingerprint density at radius 2 is 2.16 bits per heavy atom. The van der Waals surface area contributed by atoms with Crippen molar-refractivity contribution in [1.82, 2.24) is 10.6 Å². The maximum Gasteiger partial charge on any atom is 0.315 e. The molecule has 0 bridgehead atoms. The van der Waals surface area contributed by atoms with Crippen molar-refractivity contribution in [3.05, 3.63) is 21.9 Å². The van der Waals surface area contributed by atoms with E-state index < -0.39 is 5.97 Å². The number of amides is 2. The van der Waals surface area contributed by atoms with Crippen molar-refractivity contribution in [3.8, 4) is 0 Å². The highest BCUT2D eigenvalue weighted by molar-refractivity contribution is 7.11. The molecule has 0 saturated heterocycles. The number of carbonyl (C=O) groups excluding carboxylic acids is 1. The number of nitrogens with one attached hydrogen (secondary N) is 2. The van der Waals surface area contributed by atoms with Crippen LogP contribution >= 0.6 is 11.3 Å². The van der Waals surface area contributed by atoms with E-state index in [4.69, 9.17) is 5.11 Å². The molecule has 1 aromatic rings. The van der Waals surface area contributed by atoms with E-state index in [0.717, 1.165) is 4.88 Å². The lowest BCUT2D eigenvalue weighted by Gasteiger charge is -2.13. The monoisotopic (exact) mass is 284 g/mol. The minimum absolute atomic E-state index is 0.0237. The second-order valence-corrected chi connectivity index (χ2v) is 5.90. The van der Waals surface area contributed by atoms with Gasteiger partial charge in [0.15, 0.2) is 0 Å². The fourth-order valence-electron chi connectivity index (χ4n) is 1.65. The summed E-state index contributed by atoms with van der Waals surface area (Å²) in [7, 11) is 0. The lowest BCUT2D eigenvalue weighted by atomic mass is 10.1. The molecule has 1 aromatic heterocycles. The second kappa shape index (κ2) is 7.78. The minimum atomic E-state index is -0.801. The third-order valence-corrected chi connectivity index (χ3v) is 3.63. The quantitative estimate of drug-likeness (QED) is 0.720. The fraction of sp³-hybridized carbons (Fsp3) is 0.538. The molecule has 0 radical (unpaired) electrons. The zero-order valence-corrected chi connectivity index (χ0v) is 12.0. The number of rotatable bonds is 7. The molecular weight excluding hydrogens is 264 g/mol. The van der Waals surface area contributed by atoms with Gasteiger partial charge in [0, 0.05) is 22.2 Å². The standard InChI is InChI=1S/C13H20N2O3S/c1-9(4-3-5-12(16)17)15-13(18)14-8-11-7-6-10(2)19-11/h6-7,9H,3-5,8H2,1-2H3,(H,16,17)(H2,14,15,18). The highest BCUT2D eigenvalue weighted by atomic mass is 32.1. The maximum absolute atomic E-state index is 11.6. The van der Waals surface area contributed by atoms with Crippen LogP contribution in [0.5, 0.6) is 0 Å². The van der Waals surface area contributed by atoms with Gasteiger partial charge in [0.1, 0.15) is 0 Å². The van der Waals surface area contributed by atoms with Gasteiger partial charge in [-0.05, 0) is 38.8 Å². The van der Waals surface area contributed by atoms with Gasteiger partial charge >= 0.3 is 12.0 Å². The average molecular weight is 284 g/mol. The van der Waals surface area contributed by atoms with Crippen LogP contribution in [-0.4, -0.2) is 23.1 Å². The van der Waals surface area contributed by atoms with Crippen molar-refractivity contribution in [2.75, 3.05) is 0 Å². The molecule has 0 fully saturated rings. The van der Waals surface area contributed by atoms with Crippen LogP contribution in [-0.2, 0) is 11.3 Å². The van der Waals surface area contributed by atoms with Crippen LogP contribution in [0.25, 0.3) is 0 Å². The van der Waals surface area contributed by atoms with Crippen LogP contribution < -0.4 is 10.6 Å². The summed E-state index contributed by atoms with van der Waals surface area (Å²) in [6, 6.07) is 3.78. The molecule has 3 N–H and O–H groups in total. The predicted molar refractivity (Wildman–Crippen MR) is 75.4 cm³/mol. The summed E-state index contributed by atoms with van der Waals surface area (Å²) in [5.74, 6) is -0.801.